The number of para-hydroxylation sites is 1. The molecule has 1 aliphatic rings. The highest BCUT2D eigenvalue weighted by molar-refractivity contribution is 6.11. The van der Waals surface area contributed by atoms with Crippen molar-refractivity contribution in [3.05, 3.63) is 71.2 Å². The quantitative estimate of drug-likeness (QED) is 0.507. The van der Waals surface area contributed by atoms with E-state index in [-0.39, 0.29) is 11.8 Å². The molecule has 0 radical (unpaired) electrons. The van der Waals surface area contributed by atoms with Crippen LogP contribution >= 0.6 is 0 Å². The fourth-order valence-electron chi connectivity index (χ4n) is 3.70. The lowest BCUT2D eigenvalue weighted by Crippen LogP contribution is -2.15. The first kappa shape index (κ1) is 19.0. The molecule has 1 aliphatic carbocycles. The minimum atomic E-state index is -0.286. The molecular formula is C23H21N5O3. The molecule has 4 aromatic rings. The second kappa shape index (κ2) is 7.39. The third kappa shape index (κ3) is 3.56. The third-order valence-electron chi connectivity index (χ3n) is 5.50. The Morgan fingerprint density at radius 3 is 2.68 bits per heavy atom. The third-order valence-corrected chi connectivity index (χ3v) is 5.50. The molecule has 1 saturated carbocycles. The maximum atomic E-state index is 12.8. The molecule has 2 aromatic carbocycles. The molecule has 156 valence electrons. The molecular weight excluding hydrogens is 394 g/mol. The van der Waals surface area contributed by atoms with Crippen molar-refractivity contribution in [1.82, 2.24) is 14.9 Å². The molecule has 0 unspecified atom stereocenters. The van der Waals surface area contributed by atoms with Gasteiger partial charge in [0.2, 0.25) is 0 Å². The van der Waals surface area contributed by atoms with Crippen molar-refractivity contribution in [3.8, 4) is 0 Å². The summed E-state index contributed by atoms with van der Waals surface area (Å²) < 4.78 is 6.94. The highest BCUT2D eigenvalue weighted by atomic mass is 16.5. The average molecular weight is 415 g/mol. The van der Waals surface area contributed by atoms with Gasteiger partial charge in [-0.3, -0.25) is 14.3 Å². The SMILES string of the molecule is Cc1cc(NC(=O)c2nn(C)c3ccccc23)ccc1NC(=O)c1cnoc1C1CC1. The number of hydrogen-bond donors (Lipinski definition) is 2. The van der Waals surface area contributed by atoms with Crippen molar-refractivity contribution >= 4 is 34.1 Å². The number of amides is 2. The number of nitrogens with zero attached hydrogens (tertiary/aromatic N) is 3. The lowest BCUT2D eigenvalue weighted by atomic mass is 10.1. The maximum Gasteiger partial charge on any atom is 0.276 e. The Balaban J connectivity index is 1.32. The van der Waals surface area contributed by atoms with Crippen LogP contribution in [0.25, 0.3) is 10.9 Å². The van der Waals surface area contributed by atoms with E-state index in [1.54, 1.807) is 16.8 Å². The Morgan fingerprint density at radius 2 is 1.90 bits per heavy atom. The van der Waals surface area contributed by atoms with E-state index in [9.17, 15) is 9.59 Å². The maximum absolute atomic E-state index is 12.8. The zero-order valence-electron chi connectivity index (χ0n) is 17.2. The second-order valence-electron chi connectivity index (χ2n) is 7.81. The molecule has 0 aliphatic heterocycles. The van der Waals surface area contributed by atoms with E-state index in [1.807, 2.05) is 44.3 Å². The van der Waals surface area contributed by atoms with Crippen LogP contribution in [0.1, 0.15) is 50.9 Å². The molecule has 31 heavy (non-hydrogen) atoms. The summed E-state index contributed by atoms with van der Waals surface area (Å²) in [6.45, 7) is 1.87. The zero-order chi connectivity index (χ0) is 21.5. The van der Waals surface area contributed by atoms with Crippen molar-refractivity contribution in [2.24, 2.45) is 7.05 Å². The van der Waals surface area contributed by atoms with Crippen LogP contribution in [0.3, 0.4) is 0 Å². The predicted molar refractivity (Wildman–Crippen MR) is 116 cm³/mol. The molecule has 0 atom stereocenters. The standard InChI is InChI=1S/C23H21N5O3/c1-13-11-15(25-23(30)20-16-5-3-4-6-19(16)28(2)27-20)9-10-18(13)26-22(29)17-12-24-31-21(17)14-7-8-14/h3-6,9-12,14H,7-8H2,1-2H3,(H,25,30)(H,26,29). The van der Waals surface area contributed by atoms with E-state index in [0.29, 0.717) is 34.3 Å². The lowest BCUT2D eigenvalue weighted by Gasteiger charge is -2.11. The highest BCUT2D eigenvalue weighted by Gasteiger charge is 2.32. The number of aryl methyl sites for hydroxylation is 2. The van der Waals surface area contributed by atoms with Crippen molar-refractivity contribution in [2.45, 2.75) is 25.7 Å². The Kier molecular flexibility index (Phi) is 4.54. The van der Waals surface area contributed by atoms with Crippen LogP contribution in [-0.4, -0.2) is 26.8 Å². The summed E-state index contributed by atoms with van der Waals surface area (Å²) in [4.78, 5) is 25.5. The summed E-state index contributed by atoms with van der Waals surface area (Å²) in [5, 5.41) is 14.7. The van der Waals surface area contributed by atoms with Gasteiger partial charge in [0.05, 0.1) is 11.7 Å². The summed E-state index contributed by atoms with van der Waals surface area (Å²) in [6, 6.07) is 12.9. The molecule has 8 nitrogen and oxygen atoms in total. The molecule has 2 N–H and O–H groups in total. The van der Waals surface area contributed by atoms with Crippen molar-refractivity contribution in [2.75, 3.05) is 10.6 Å². The molecule has 1 fully saturated rings. The Bertz CT molecular complexity index is 1320. The van der Waals surface area contributed by atoms with Gasteiger partial charge in [-0.05, 0) is 49.6 Å². The summed E-state index contributed by atoms with van der Waals surface area (Å²) in [6.07, 6.45) is 3.51. The number of carbonyl (C=O) groups is 2. The Morgan fingerprint density at radius 1 is 1.10 bits per heavy atom. The fourth-order valence-corrected chi connectivity index (χ4v) is 3.70. The first-order valence-corrected chi connectivity index (χ1v) is 10.1. The van der Waals surface area contributed by atoms with Gasteiger partial charge in [0, 0.05) is 29.7 Å². The smallest absolute Gasteiger partial charge is 0.276 e. The van der Waals surface area contributed by atoms with Gasteiger partial charge in [-0.25, -0.2) is 0 Å². The van der Waals surface area contributed by atoms with Gasteiger partial charge in [-0.15, -0.1) is 0 Å². The van der Waals surface area contributed by atoms with Gasteiger partial charge < -0.3 is 15.2 Å². The molecule has 5 rings (SSSR count). The first-order valence-electron chi connectivity index (χ1n) is 10.1. The van der Waals surface area contributed by atoms with Gasteiger partial charge in [0.25, 0.3) is 11.8 Å². The number of aromatic nitrogens is 3. The monoisotopic (exact) mass is 415 g/mol. The van der Waals surface area contributed by atoms with Gasteiger partial charge in [0.15, 0.2) is 11.5 Å². The van der Waals surface area contributed by atoms with Crippen LogP contribution in [0, 0.1) is 6.92 Å². The first-order chi connectivity index (χ1) is 15.0. The lowest BCUT2D eigenvalue weighted by molar-refractivity contribution is 0.101. The number of rotatable bonds is 5. The molecule has 2 heterocycles. The van der Waals surface area contributed by atoms with Crippen LogP contribution in [-0.2, 0) is 7.05 Å². The van der Waals surface area contributed by atoms with Crippen molar-refractivity contribution < 1.29 is 14.1 Å². The molecule has 8 heteroatoms. The number of anilines is 2. The van der Waals surface area contributed by atoms with E-state index in [4.69, 9.17) is 4.52 Å². The Labute approximate surface area is 178 Å². The topological polar surface area (TPSA) is 102 Å². The van der Waals surface area contributed by atoms with E-state index < -0.39 is 0 Å². The van der Waals surface area contributed by atoms with Crippen LogP contribution in [0.5, 0.6) is 0 Å². The number of nitrogens with one attached hydrogen (secondary N) is 2. The number of hydrogen-bond acceptors (Lipinski definition) is 5. The van der Waals surface area contributed by atoms with Crippen LogP contribution in [0.15, 0.2) is 53.2 Å². The van der Waals surface area contributed by atoms with Crippen LogP contribution < -0.4 is 10.6 Å². The summed E-state index contributed by atoms with van der Waals surface area (Å²) >= 11 is 0. The van der Waals surface area contributed by atoms with Gasteiger partial charge in [-0.2, -0.15) is 5.10 Å². The fraction of sp³-hybridized carbons (Fsp3) is 0.217. The van der Waals surface area contributed by atoms with Gasteiger partial charge in [0.1, 0.15) is 5.56 Å². The second-order valence-corrected chi connectivity index (χ2v) is 7.81. The Hall–Kier alpha value is -3.94. The molecule has 0 spiro atoms. The number of carbonyl (C=O) groups excluding carboxylic acids is 2. The highest BCUT2D eigenvalue weighted by Crippen LogP contribution is 2.41. The van der Waals surface area contributed by atoms with E-state index in [1.165, 1.54) is 6.20 Å². The van der Waals surface area contributed by atoms with E-state index in [0.717, 1.165) is 29.3 Å². The van der Waals surface area contributed by atoms with Crippen molar-refractivity contribution in [1.29, 1.82) is 0 Å². The van der Waals surface area contributed by atoms with E-state index in [2.05, 4.69) is 20.9 Å². The van der Waals surface area contributed by atoms with E-state index >= 15 is 0 Å². The minimum Gasteiger partial charge on any atom is -0.360 e. The van der Waals surface area contributed by atoms with Crippen LogP contribution in [0.2, 0.25) is 0 Å². The summed E-state index contributed by atoms with van der Waals surface area (Å²) in [5.74, 6) is 0.417. The summed E-state index contributed by atoms with van der Waals surface area (Å²) in [5.41, 5.74) is 3.84. The molecule has 2 amide bonds. The molecule has 2 aromatic heterocycles. The van der Waals surface area contributed by atoms with Crippen molar-refractivity contribution in [3.63, 3.8) is 0 Å². The number of benzene rings is 2. The molecule has 0 bridgehead atoms. The minimum absolute atomic E-state index is 0.247. The predicted octanol–water partition coefficient (Wildman–Crippen LogP) is 4.25. The number of fused-ring (bicyclic) bond motifs is 1. The normalized spacial score (nSPS) is 13.4. The van der Waals surface area contributed by atoms with Crippen LogP contribution in [0.4, 0.5) is 11.4 Å². The van der Waals surface area contributed by atoms with Gasteiger partial charge in [-0.1, -0.05) is 23.4 Å². The largest absolute Gasteiger partial charge is 0.360 e. The molecule has 0 saturated heterocycles. The average Bonchev–Trinajstić information content (AvgIpc) is 3.38. The van der Waals surface area contributed by atoms with Gasteiger partial charge >= 0.3 is 0 Å². The summed E-state index contributed by atoms with van der Waals surface area (Å²) in [7, 11) is 1.81. The zero-order valence-corrected chi connectivity index (χ0v) is 17.2.